The summed E-state index contributed by atoms with van der Waals surface area (Å²) in [5.74, 6) is 2.24. The molecule has 0 heterocycles. The molecule has 0 radical (unpaired) electrons. The molecule has 0 aromatic heterocycles. The van der Waals surface area contributed by atoms with Crippen molar-refractivity contribution in [2.45, 2.75) is 6.42 Å². The molecule has 1 N–H and O–H groups in total. The van der Waals surface area contributed by atoms with E-state index in [1.165, 1.54) is 0 Å². The molecule has 0 rings (SSSR count). The Morgan fingerprint density at radius 3 is 2.91 bits per heavy atom. The van der Waals surface area contributed by atoms with Crippen LogP contribution in [0.2, 0.25) is 0 Å². The molecule has 1 atom stereocenters. The van der Waals surface area contributed by atoms with E-state index in [4.69, 9.17) is 11.3 Å². The smallest absolute Gasteiger partial charge is 0.413 e. The predicted molar refractivity (Wildman–Crippen MR) is 40.5 cm³/mol. The number of phosphoric acid groups is 1. The van der Waals surface area contributed by atoms with Gasteiger partial charge in [-0.15, -0.1) is 12.3 Å². The van der Waals surface area contributed by atoms with Gasteiger partial charge in [0.15, 0.2) is 0 Å². The number of phosphoric ester groups is 1. The highest BCUT2D eigenvalue weighted by Crippen LogP contribution is 2.43. The minimum absolute atomic E-state index is 0.00187. The first kappa shape index (κ1) is 10.2. The van der Waals surface area contributed by atoms with Gasteiger partial charge in [0.1, 0.15) is 0 Å². The summed E-state index contributed by atoms with van der Waals surface area (Å²) in [4.78, 5) is 8.71. The average molecular weight is 176 g/mol. The monoisotopic (exact) mass is 176 g/mol. The number of hydrogen-bond acceptors (Lipinski definition) is 3. The fourth-order valence-electron chi connectivity index (χ4n) is 0.345. The highest BCUT2D eigenvalue weighted by Gasteiger charge is 2.18. The number of terminal acetylenes is 1. The van der Waals surface area contributed by atoms with E-state index in [1.54, 1.807) is 0 Å². The molecule has 0 saturated carbocycles. The van der Waals surface area contributed by atoms with Gasteiger partial charge in [-0.1, -0.05) is 6.58 Å². The Hall–Kier alpha value is -0.750. The van der Waals surface area contributed by atoms with Gasteiger partial charge < -0.3 is 4.52 Å². The molecule has 4 nitrogen and oxygen atoms in total. The molecule has 5 heteroatoms. The van der Waals surface area contributed by atoms with Crippen LogP contribution in [0.5, 0.6) is 0 Å². The third kappa shape index (κ3) is 5.68. The summed E-state index contributed by atoms with van der Waals surface area (Å²) < 4.78 is 19.2. The van der Waals surface area contributed by atoms with Crippen molar-refractivity contribution in [2.75, 3.05) is 6.61 Å². The van der Waals surface area contributed by atoms with E-state index >= 15 is 0 Å². The fourth-order valence-corrected chi connectivity index (χ4v) is 0.916. The molecular weight excluding hydrogens is 167 g/mol. The Labute approximate surface area is 65.4 Å². The molecule has 0 aliphatic rings. The van der Waals surface area contributed by atoms with Crippen LogP contribution in [-0.2, 0) is 13.6 Å². The van der Waals surface area contributed by atoms with Crippen LogP contribution >= 0.6 is 7.82 Å². The molecule has 0 aromatic carbocycles. The van der Waals surface area contributed by atoms with E-state index in [1.807, 2.05) is 0 Å². The summed E-state index contributed by atoms with van der Waals surface area (Å²) in [6.45, 7) is 3.10. The first-order valence-corrected chi connectivity index (χ1v) is 4.32. The number of hydrogen-bond donors (Lipinski definition) is 1. The molecule has 0 aliphatic heterocycles. The Morgan fingerprint density at radius 1 is 1.82 bits per heavy atom. The van der Waals surface area contributed by atoms with Gasteiger partial charge in [0.05, 0.1) is 12.9 Å². The number of rotatable bonds is 5. The summed E-state index contributed by atoms with van der Waals surface area (Å²) in [7, 11) is -3.94. The maximum atomic E-state index is 10.7. The second-order valence-electron chi connectivity index (χ2n) is 1.53. The fraction of sp³-hybridized carbons (Fsp3) is 0.333. The van der Waals surface area contributed by atoms with E-state index in [0.717, 1.165) is 6.26 Å². The maximum absolute atomic E-state index is 10.7. The lowest BCUT2D eigenvalue weighted by Crippen LogP contribution is -1.92. The van der Waals surface area contributed by atoms with E-state index in [2.05, 4.69) is 21.5 Å². The second kappa shape index (κ2) is 4.97. The quantitative estimate of drug-likeness (QED) is 0.297. The van der Waals surface area contributed by atoms with Crippen molar-refractivity contribution < 1.29 is 18.5 Å². The van der Waals surface area contributed by atoms with Crippen LogP contribution in [0.15, 0.2) is 12.8 Å². The zero-order chi connectivity index (χ0) is 8.74. The molecule has 0 aliphatic carbocycles. The summed E-state index contributed by atoms with van der Waals surface area (Å²) in [6.07, 6.45) is 5.98. The van der Waals surface area contributed by atoms with Gasteiger partial charge in [-0.05, 0) is 0 Å². The third-order valence-electron chi connectivity index (χ3n) is 0.709. The molecule has 0 bridgehead atoms. The lowest BCUT2D eigenvalue weighted by Gasteiger charge is -2.07. The molecule has 0 aromatic rings. The summed E-state index contributed by atoms with van der Waals surface area (Å²) >= 11 is 0. The van der Waals surface area contributed by atoms with Gasteiger partial charge in [0.2, 0.25) is 0 Å². The SMILES string of the molecule is C#CCCOP(=O)(O)OC=C. The van der Waals surface area contributed by atoms with Crippen molar-refractivity contribution in [1.82, 2.24) is 0 Å². The van der Waals surface area contributed by atoms with Crippen LogP contribution in [0.25, 0.3) is 0 Å². The molecular formula is C6H9O4P. The molecule has 0 saturated heterocycles. The maximum Gasteiger partial charge on any atom is 0.526 e. The first-order valence-electron chi connectivity index (χ1n) is 2.82. The Bertz CT molecular complexity index is 205. The van der Waals surface area contributed by atoms with Crippen molar-refractivity contribution in [3.63, 3.8) is 0 Å². The van der Waals surface area contributed by atoms with Crippen LogP contribution in [-0.4, -0.2) is 11.5 Å². The zero-order valence-corrected chi connectivity index (χ0v) is 6.79. The van der Waals surface area contributed by atoms with Crippen molar-refractivity contribution in [3.8, 4) is 12.3 Å². The van der Waals surface area contributed by atoms with Gasteiger partial charge in [-0.2, -0.15) is 0 Å². The van der Waals surface area contributed by atoms with Crippen molar-refractivity contribution >= 4 is 7.82 Å². The van der Waals surface area contributed by atoms with Gasteiger partial charge in [0.25, 0.3) is 0 Å². The van der Waals surface area contributed by atoms with Gasteiger partial charge in [0, 0.05) is 6.42 Å². The van der Waals surface area contributed by atoms with Crippen LogP contribution < -0.4 is 0 Å². The van der Waals surface area contributed by atoms with E-state index in [0.29, 0.717) is 0 Å². The topological polar surface area (TPSA) is 55.8 Å². The standard InChI is InChI=1S/C6H9O4P/c1-3-5-6-10-11(7,8)9-4-2/h1,4H,2,5-6H2,(H,7,8). The molecule has 62 valence electrons. The zero-order valence-electron chi connectivity index (χ0n) is 5.90. The Kier molecular flexibility index (Phi) is 4.64. The minimum Gasteiger partial charge on any atom is -0.413 e. The normalized spacial score (nSPS) is 14.5. The van der Waals surface area contributed by atoms with Crippen LogP contribution in [0.4, 0.5) is 0 Å². The van der Waals surface area contributed by atoms with Crippen molar-refractivity contribution in [1.29, 1.82) is 0 Å². The molecule has 0 spiro atoms. The van der Waals surface area contributed by atoms with Gasteiger partial charge in [-0.25, -0.2) is 4.57 Å². The minimum atomic E-state index is -3.94. The largest absolute Gasteiger partial charge is 0.526 e. The first-order chi connectivity index (χ1) is 5.12. The summed E-state index contributed by atoms with van der Waals surface area (Å²) in [5.41, 5.74) is 0. The van der Waals surface area contributed by atoms with E-state index < -0.39 is 7.82 Å². The highest BCUT2D eigenvalue weighted by atomic mass is 31.2. The van der Waals surface area contributed by atoms with Crippen molar-refractivity contribution in [3.05, 3.63) is 12.8 Å². The molecule has 0 fully saturated rings. The Morgan fingerprint density at radius 2 is 2.45 bits per heavy atom. The molecule has 11 heavy (non-hydrogen) atoms. The molecule has 1 unspecified atom stereocenters. The van der Waals surface area contributed by atoms with Crippen LogP contribution in [0.1, 0.15) is 6.42 Å². The van der Waals surface area contributed by atoms with E-state index in [9.17, 15) is 4.57 Å². The van der Waals surface area contributed by atoms with Crippen LogP contribution in [0, 0.1) is 12.3 Å². The highest BCUT2D eigenvalue weighted by molar-refractivity contribution is 7.47. The summed E-state index contributed by atoms with van der Waals surface area (Å²) in [5, 5.41) is 0. The molecule has 0 amide bonds. The van der Waals surface area contributed by atoms with Crippen molar-refractivity contribution in [2.24, 2.45) is 0 Å². The van der Waals surface area contributed by atoms with E-state index in [-0.39, 0.29) is 13.0 Å². The lowest BCUT2D eigenvalue weighted by atomic mass is 10.5. The predicted octanol–water partition coefficient (Wildman–Crippen LogP) is 1.29. The van der Waals surface area contributed by atoms with Gasteiger partial charge >= 0.3 is 7.82 Å². The average Bonchev–Trinajstić information content (AvgIpc) is 1.87. The third-order valence-corrected chi connectivity index (χ3v) is 1.63. The van der Waals surface area contributed by atoms with Gasteiger partial charge in [-0.3, -0.25) is 9.42 Å². The lowest BCUT2D eigenvalue weighted by molar-refractivity contribution is 0.192. The Balaban J connectivity index is 3.65. The van der Waals surface area contributed by atoms with Crippen LogP contribution in [0.3, 0.4) is 0 Å². The summed E-state index contributed by atoms with van der Waals surface area (Å²) in [6, 6.07) is 0. The second-order valence-corrected chi connectivity index (χ2v) is 2.93.